The van der Waals surface area contributed by atoms with Gasteiger partial charge in [0.05, 0.1) is 40.0 Å². The molecule has 43 heavy (non-hydrogen) atoms. The molecular formula is C32H28BrIN2O6S. The highest BCUT2D eigenvalue weighted by atomic mass is 127. The monoisotopic (exact) mass is 774 g/mol. The second-order valence-electron chi connectivity index (χ2n) is 9.35. The van der Waals surface area contributed by atoms with E-state index in [2.05, 4.69) is 43.5 Å². The fraction of sp³-hybridized carbons (Fsp3) is 0.219. The van der Waals surface area contributed by atoms with Crippen molar-refractivity contribution >= 4 is 61.9 Å². The molecular weight excluding hydrogens is 747 g/mol. The molecule has 11 heteroatoms. The highest BCUT2D eigenvalue weighted by molar-refractivity contribution is 14.1. The van der Waals surface area contributed by atoms with Crippen LogP contribution >= 0.6 is 49.9 Å². The number of rotatable bonds is 10. The van der Waals surface area contributed by atoms with E-state index in [-0.39, 0.29) is 11.1 Å². The number of fused-ring (bicyclic) bond motifs is 1. The number of benzene rings is 3. The Bertz CT molecular complexity index is 1870. The molecule has 0 amide bonds. The fourth-order valence-electron chi connectivity index (χ4n) is 4.60. The zero-order chi connectivity index (χ0) is 30.5. The predicted octanol–water partition coefficient (Wildman–Crippen LogP) is 5.76. The molecule has 4 aromatic rings. The number of nitrogens with zero attached hydrogens (tertiary/aromatic N) is 2. The zero-order valence-electron chi connectivity index (χ0n) is 23.6. The van der Waals surface area contributed by atoms with Gasteiger partial charge in [0.1, 0.15) is 12.4 Å². The van der Waals surface area contributed by atoms with Crippen molar-refractivity contribution < 1.29 is 23.7 Å². The molecule has 222 valence electrons. The van der Waals surface area contributed by atoms with E-state index in [9.17, 15) is 9.59 Å². The summed E-state index contributed by atoms with van der Waals surface area (Å²) >= 11 is 6.94. The van der Waals surface area contributed by atoms with Gasteiger partial charge in [0.2, 0.25) is 0 Å². The third-order valence-corrected chi connectivity index (χ3v) is 8.94. The molecule has 0 N–H and O–H groups in total. The van der Waals surface area contributed by atoms with Crippen LogP contribution in [0, 0.1) is 3.57 Å². The normalized spacial score (nSPS) is 14.4. The second-order valence-corrected chi connectivity index (χ2v) is 12.4. The maximum Gasteiger partial charge on any atom is 0.337 e. The first-order chi connectivity index (χ1) is 20.8. The van der Waals surface area contributed by atoms with Gasteiger partial charge in [-0.3, -0.25) is 9.36 Å². The summed E-state index contributed by atoms with van der Waals surface area (Å²) in [6.07, 6.45) is 3.30. The molecule has 1 aromatic heterocycles. The van der Waals surface area contributed by atoms with Crippen molar-refractivity contribution in [2.75, 3.05) is 20.3 Å². The first-order valence-corrected chi connectivity index (χ1v) is 16.2. The Morgan fingerprint density at radius 3 is 2.42 bits per heavy atom. The van der Waals surface area contributed by atoms with Crippen molar-refractivity contribution in [1.29, 1.82) is 0 Å². The van der Waals surface area contributed by atoms with Gasteiger partial charge in [0.25, 0.3) is 5.56 Å². The largest absolute Gasteiger partial charge is 0.490 e. The Labute approximate surface area is 274 Å². The van der Waals surface area contributed by atoms with Crippen molar-refractivity contribution in [3.8, 4) is 17.2 Å². The van der Waals surface area contributed by atoms with Crippen molar-refractivity contribution in [1.82, 2.24) is 4.57 Å². The lowest BCUT2D eigenvalue weighted by atomic mass is 9.97. The minimum Gasteiger partial charge on any atom is -0.490 e. The van der Waals surface area contributed by atoms with Gasteiger partial charge in [-0.1, -0.05) is 51.5 Å². The number of hydrogen-bond donors (Lipinski definition) is 0. The summed E-state index contributed by atoms with van der Waals surface area (Å²) in [5.74, 6) is 1.30. The van der Waals surface area contributed by atoms with Gasteiger partial charge in [0.15, 0.2) is 16.3 Å². The van der Waals surface area contributed by atoms with E-state index >= 15 is 0 Å². The number of hydrogen-bond acceptors (Lipinski definition) is 8. The topological polar surface area (TPSA) is 88.4 Å². The first kappa shape index (κ1) is 31.0. The number of esters is 1. The molecule has 1 aliphatic heterocycles. The van der Waals surface area contributed by atoms with Crippen LogP contribution < -0.4 is 29.1 Å². The molecule has 0 spiro atoms. The highest BCUT2D eigenvalue weighted by Crippen LogP contribution is 2.35. The van der Waals surface area contributed by atoms with Crippen LogP contribution in [0.3, 0.4) is 0 Å². The van der Waals surface area contributed by atoms with Crippen molar-refractivity contribution in [3.05, 3.63) is 117 Å². The van der Waals surface area contributed by atoms with Gasteiger partial charge in [-0.2, -0.15) is 0 Å². The summed E-state index contributed by atoms with van der Waals surface area (Å²) in [5.41, 5.74) is 2.56. The number of carbonyl (C=O) groups is 1. The number of aromatic nitrogens is 1. The van der Waals surface area contributed by atoms with Gasteiger partial charge >= 0.3 is 5.97 Å². The third kappa shape index (κ3) is 6.89. The molecule has 8 nitrogen and oxygen atoms in total. The summed E-state index contributed by atoms with van der Waals surface area (Å²) in [4.78, 5) is 31.7. The minimum absolute atomic E-state index is 0.245. The van der Waals surface area contributed by atoms with E-state index in [1.807, 2.05) is 68.5 Å². The van der Waals surface area contributed by atoms with E-state index in [4.69, 9.17) is 18.9 Å². The number of thiazole rings is 1. The maximum absolute atomic E-state index is 13.9. The first-order valence-electron chi connectivity index (χ1n) is 13.5. The summed E-state index contributed by atoms with van der Waals surface area (Å²) in [6.45, 7) is 5.12. The van der Waals surface area contributed by atoms with Crippen LogP contribution in [-0.2, 0) is 16.1 Å². The summed E-state index contributed by atoms with van der Waals surface area (Å²) < 4.78 is 26.6. The Kier molecular flexibility index (Phi) is 10.0. The average Bonchev–Trinajstić information content (AvgIpc) is 3.32. The lowest BCUT2D eigenvalue weighted by Gasteiger charge is -2.23. The van der Waals surface area contributed by atoms with Crippen LogP contribution in [0.1, 0.15) is 36.6 Å². The summed E-state index contributed by atoms with van der Waals surface area (Å²) in [6, 6.07) is 18.4. The molecule has 3 aromatic carbocycles. The fourth-order valence-corrected chi connectivity index (χ4v) is 6.53. The Morgan fingerprint density at radius 1 is 1.00 bits per heavy atom. The van der Waals surface area contributed by atoms with Gasteiger partial charge in [-0.05, 0) is 95.6 Å². The smallest absolute Gasteiger partial charge is 0.337 e. The highest BCUT2D eigenvalue weighted by Gasteiger charge is 2.31. The molecule has 0 aliphatic carbocycles. The number of methoxy groups -OCH3 is 1. The quantitative estimate of drug-likeness (QED) is 0.151. The van der Waals surface area contributed by atoms with E-state index in [0.717, 1.165) is 24.9 Å². The molecule has 1 aliphatic rings. The molecule has 1 atom stereocenters. The lowest BCUT2D eigenvalue weighted by Crippen LogP contribution is -2.39. The summed E-state index contributed by atoms with van der Waals surface area (Å²) in [5, 5.41) is 0. The lowest BCUT2D eigenvalue weighted by molar-refractivity contribution is -0.136. The van der Waals surface area contributed by atoms with E-state index in [0.29, 0.717) is 46.2 Å². The molecule has 2 heterocycles. The molecule has 0 unspecified atom stereocenters. The third-order valence-electron chi connectivity index (χ3n) is 6.57. The molecule has 5 rings (SSSR count). The van der Waals surface area contributed by atoms with Crippen molar-refractivity contribution in [3.63, 3.8) is 0 Å². The molecule has 0 fully saturated rings. The van der Waals surface area contributed by atoms with Crippen LogP contribution in [0.5, 0.6) is 17.2 Å². The van der Waals surface area contributed by atoms with Crippen LogP contribution in [-0.4, -0.2) is 30.9 Å². The van der Waals surface area contributed by atoms with Crippen LogP contribution in [0.15, 0.2) is 86.7 Å². The predicted molar refractivity (Wildman–Crippen MR) is 178 cm³/mol. The van der Waals surface area contributed by atoms with Crippen molar-refractivity contribution in [2.24, 2.45) is 4.99 Å². The van der Waals surface area contributed by atoms with Gasteiger partial charge < -0.3 is 18.9 Å². The Morgan fingerprint density at radius 2 is 1.72 bits per heavy atom. The van der Waals surface area contributed by atoms with Crippen LogP contribution in [0.4, 0.5) is 0 Å². The number of halogens is 2. The summed E-state index contributed by atoms with van der Waals surface area (Å²) in [7, 11) is 1.31. The van der Waals surface area contributed by atoms with E-state index in [1.54, 1.807) is 12.1 Å². The van der Waals surface area contributed by atoms with Gasteiger partial charge in [-0.15, -0.1) is 0 Å². The number of carbonyl (C=O) groups excluding carboxylic acids is 1. The maximum atomic E-state index is 13.9. The zero-order valence-corrected chi connectivity index (χ0v) is 28.2. The average molecular weight is 775 g/mol. The van der Waals surface area contributed by atoms with Crippen molar-refractivity contribution in [2.45, 2.75) is 26.5 Å². The van der Waals surface area contributed by atoms with Gasteiger partial charge in [0, 0.05) is 10.7 Å². The molecule has 0 radical (unpaired) electrons. The van der Waals surface area contributed by atoms with Gasteiger partial charge in [-0.25, -0.2) is 9.79 Å². The molecule has 0 saturated heterocycles. The number of ether oxygens (including phenoxy) is 4. The standard InChI is InChI=1S/C32H28BrIN2O6S/c1-4-40-26-13-9-21(16-27(26)41-5-2)29-23(31(38)39-3)17-35-32-36(29)30(37)28(43-32)15-20-8-12-25(24(34)14-20)42-18-19-6-10-22(33)11-7-19/h6-17,29H,4-5,18H2,1-3H3/b28-15-/t29-/m0/s1. The second kappa shape index (κ2) is 13.9. The molecule has 0 bridgehead atoms. The van der Waals surface area contributed by atoms with Crippen LogP contribution in [0.25, 0.3) is 6.08 Å². The Balaban J connectivity index is 1.51. The molecule has 0 saturated carbocycles. The Hall–Kier alpha value is -3.42. The van der Waals surface area contributed by atoms with E-state index in [1.165, 1.54) is 29.2 Å². The van der Waals surface area contributed by atoms with Crippen LogP contribution in [0.2, 0.25) is 0 Å². The van der Waals surface area contributed by atoms with E-state index < -0.39 is 12.0 Å². The minimum atomic E-state index is -0.754. The SMILES string of the molecule is CCOc1ccc([C@H]2C(C(=O)OC)=CN=c3s/c(=C\c4ccc(OCc5ccc(Br)cc5)c(I)c4)c(=O)n32)cc1OCC.